The third-order valence-electron chi connectivity index (χ3n) is 3.23. The molecule has 0 atom stereocenters. The van der Waals surface area contributed by atoms with Gasteiger partial charge < -0.3 is 0 Å². The van der Waals surface area contributed by atoms with Crippen molar-refractivity contribution in [1.82, 2.24) is 0 Å². The summed E-state index contributed by atoms with van der Waals surface area (Å²) in [5.74, 6) is 0. The monoisotopic (exact) mass is 439 g/mol. The lowest BCUT2D eigenvalue weighted by Gasteiger charge is -2.06. The van der Waals surface area contributed by atoms with E-state index in [1.165, 1.54) is 14.7 Å². The van der Waals surface area contributed by atoms with Crippen molar-refractivity contribution in [1.29, 1.82) is 0 Å². The number of sulfone groups is 1. The first-order chi connectivity index (χ1) is 10.8. The molecule has 120 valence electrons. The maximum Gasteiger partial charge on any atom is 0.351 e. The molecule has 0 aromatic heterocycles. The number of allylic oxidation sites excluding steroid dienone is 1. The highest BCUT2D eigenvalue weighted by Crippen LogP contribution is 2.22. The van der Waals surface area contributed by atoms with Crippen molar-refractivity contribution >= 4 is 9.84 Å². The summed E-state index contributed by atoms with van der Waals surface area (Å²) in [7, 11) is -3.50. The maximum absolute atomic E-state index is 12.8. The Morgan fingerprint density at radius 3 is 2.13 bits per heavy atom. The van der Waals surface area contributed by atoms with Crippen molar-refractivity contribution in [3.63, 3.8) is 0 Å². The van der Waals surface area contributed by atoms with Crippen LogP contribution < -0.4 is 21.2 Å². The van der Waals surface area contributed by atoms with Crippen LogP contribution in [0.5, 0.6) is 0 Å². The molecule has 0 saturated heterocycles. The van der Waals surface area contributed by atoms with E-state index in [9.17, 15) is 8.42 Å². The van der Waals surface area contributed by atoms with Crippen LogP contribution in [0.1, 0.15) is 18.1 Å². The van der Waals surface area contributed by atoms with Crippen LogP contribution in [-0.2, 0) is 9.84 Å². The topological polar surface area (TPSA) is 34.1 Å². The molecule has 4 heteroatoms. The number of aryl methyl sites for hydroxylation is 2. The first-order valence-corrected chi connectivity index (χ1v) is 11.0. The Morgan fingerprint density at radius 2 is 1.61 bits per heavy atom. The zero-order valence-corrected chi connectivity index (χ0v) is 16.5. The molecule has 0 aliphatic carbocycles. The third-order valence-corrected chi connectivity index (χ3v) is 7.87. The summed E-state index contributed by atoms with van der Waals surface area (Å²) < 4.78 is 28.7. The van der Waals surface area contributed by atoms with Crippen LogP contribution in [0.3, 0.4) is 0 Å². The molecule has 0 radical (unpaired) electrons. The minimum atomic E-state index is -3.50. The molecule has 0 bridgehead atoms. The van der Waals surface area contributed by atoms with Crippen LogP contribution in [-0.4, -0.2) is 8.42 Å². The van der Waals surface area contributed by atoms with Crippen molar-refractivity contribution in [3.05, 3.63) is 84.4 Å². The first kappa shape index (κ1) is 17.9. The van der Waals surface area contributed by atoms with Crippen LogP contribution in [0.4, 0.5) is 0 Å². The van der Waals surface area contributed by atoms with E-state index >= 15 is 0 Å². The van der Waals surface area contributed by atoms with Gasteiger partial charge in [-0.25, -0.2) is 8.42 Å². The molecule has 0 saturated carbocycles. The summed E-state index contributed by atoms with van der Waals surface area (Å²) in [6, 6.07) is 14.9. The predicted molar refractivity (Wildman–Crippen MR) is 91.1 cm³/mol. The smallest absolute Gasteiger partial charge is 0.218 e. The van der Waals surface area contributed by atoms with Gasteiger partial charge in [0.05, 0.1) is 4.90 Å². The Morgan fingerprint density at radius 1 is 1.04 bits per heavy atom. The molecule has 2 aromatic carbocycles. The standard InChI is InChI=1S/C19H20IO2S/c1-14(2)19(23(21,22)18-8-6-5-7-9-18)13-20-17-11-15(3)10-16(4)12-17/h5-13H,1H2,2-4H3/q+1/b19-13+. The molecule has 0 aliphatic heterocycles. The molecule has 2 rings (SSSR count). The van der Waals surface area contributed by atoms with Gasteiger partial charge in [0, 0.05) is 0 Å². The summed E-state index contributed by atoms with van der Waals surface area (Å²) in [6.07, 6.45) is 0. The lowest BCUT2D eigenvalue weighted by Crippen LogP contribution is -3.59. The van der Waals surface area contributed by atoms with Gasteiger partial charge in [-0.05, 0) is 61.7 Å². The predicted octanol–water partition coefficient (Wildman–Crippen LogP) is 1.45. The largest absolute Gasteiger partial charge is 0.351 e. The fraction of sp³-hybridized carbons (Fsp3) is 0.158. The Kier molecular flexibility index (Phi) is 5.81. The van der Waals surface area contributed by atoms with Gasteiger partial charge in [0.1, 0.15) is 4.91 Å². The van der Waals surface area contributed by atoms with E-state index in [4.69, 9.17) is 0 Å². The highest BCUT2D eigenvalue weighted by molar-refractivity contribution is 7.95. The normalized spacial score (nSPS) is 12.2. The molecule has 0 heterocycles. The molecule has 0 N–H and O–H groups in total. The average Bonchev–Trinajstić information content (AvgIpc) is 2.46. The van der Waals surface area contributed by atoms with Gasteiger partial charge in [0.15, 0.2) is 7.65 Å². The summed E-state index contributed by atoms with van der Waals surface area (Å²) in [5, 5.41) is 0. The highest BCUT2D eigenvalue weighted by Gasteiger charge is 2.25. The number of hydrogen-bond donors (Lipinski definition) is 0. The van der Waals surface area contributed by atoms with Gasteiger partial charge in [0.25, 0.3) is 0 Å². The fourth-order valence-electron chi connectivity index (χ4n) is 2.20. The summed E-state index contributed by atoms with van der Waals surface area (Å²) in [5.41, 5.74) is 2.99. The minimum absolute atomic E-state index is 0.318. The fourth-order valence-corrected chi connectivity index (χ4v) is 7.37. The number of benzene rings is 2. The average molecular weight is 439 g/mol. The second kappa shape index (κ2) is 7.45. The summed E-state index contributed by atoms with van der Waals surface area (Å²) in [6.45, 7) is 9.73. The van der Waals surface area contributed by atoms with Crippen molar-refractivity contribution in [2.45, 2.75) is 25.7 Å². The van der Waals surface area contributed by atoms with Gasteiger partial charge >= 0.3 is 21.2 Å². The van der Waals surface area contributed by atoms with Crippen molar-refractivity contribution in [2.75, 3.05) is 0 Å². The minimum Gasteiger partial charge on any atom is -0.218 e. The van der Waals surface area contributed by atoms with E-state index < -0.39 is 31.0 Å². The molecule has 2 nitrogen and oxygen atoms in total. The number of hydrogen-bond acceptors (Lipinski definition) is 2. The molecule has 0 spiro atoms. The molecule has 0 amide bonds. The molecule has 0 fully saturated rings. The second-order valence-electron chi connectivity index (χ2n) is 5.49. The zero-order chi connectivity index (χ0) is 17.0. The molecule has 0 unspecified atom stereocenters. The lowest BCUT2D eigenvalue weighted by atomic mass is 10.2. The zero-order valence-electron chi connectivity index (χ0n) is 13.5. The molecular formula is C19H20IO2S+. The van der Waals surface area contributed by atoms with E-state index in [1.54, 1.807) is 31.2 Å². The lowest BCUT2D eigenvalue weighted by molar-refractivity contribution is -0.557. The van der Waals surface area contributed by atoms with Crippen LogP contribution >= 0.6 is 0 Å². The first-order valence-electron chi connectivity index (χ1n) is 7.18. The van der Waals surface area contributed by atoms with E-state index in [2.05, 4.69) is 38.6 Å². The third kappa shape index (κ3) is 4.54. The molecule has 0 aliphatic rings. The van der Waals surface area contributed by atoms with Gasteiger partial charge in [-0.1, -0.05) is 30.8 Å². The quantitative estimate of drug-likeness (QED) is 0.522. The van der Waals surface area contributed by atoms with Crippen LogP contribution in [0.2, 0.25) is 0 Å². The van der Waals surface area contributed by atoms with Gasteiger partial charge in [-0.3, -0.25) is 0 Å². The van der Waals surface area contributed by atoms with Crippen LogP contribution in [0.15, 0.2) is 74.6 Å². The van der Waals surface area contributed by atoms with Crippen LogP contribution in [0, 0.1) is 17.4 Å². The second-order valence-corrected chi connectivity index (χ2v) is 9.89. The summed E-state index contributed by atoms with van der Waals surface area (Å²) >= 11 is -0.540. The number of halogens is 1. The van der Waals surface area contributed by atoms with Crippen LogP contribution in [0.25, 0.3) is 0 Å². The van der Waals surface area contributed by atoms with Gasteiger partial charge in [-0.2, -0.15) is 0 Å². The van der Waals surface area contributed by atoms with Crippen molar-refractivity contribution in [3.8, 4) is 0 Å². The van der Waals surface area contributed by atoms with E-state index in [0.717, 1.165) is 0 Å². The van der Waals surface area contributed by atoms with E-state index in [0.29, 0.717) is 15.4 Å². The number of rotatable bonds is 5. The SMILES string of the molecule is C=C(C)/C(=C\[I+]c1cc(C)cc(C)c1)S(=O)(=O)c1ccccc1. The Labute approximate surface area is 149 Å². The van der Waals surface area contributed by atoms with Crippen molar-refractivity contribution in [2.24, 2.45) is 0 Å². The van der Waals surface area contributed by atoms with E-state index in [-0.39, 0.29) is 0 Å². The van der Waals surface area contributed by atoms with E-state index in [1.807, 2.05) is 10.1 Å². The molecular weight excluding hydrogens is 419 g/mol. The molecule has 2 aromatic rings. The molecule has 23 heavy (non-hydrogen) atoms. The van der Waals surface area contributed by atoms with Gasteiger partial charge in [0.2, 0.25) is 9.84 Å². The van der Waals surface area contributed by atoms with Crippen molar-refractivity contribution < 1.29 is 29.6 Å². The highest BCUT2D eigenvalue weighted by atomic mass is 127. The Hall–Kier alpha value is -1.40. The Bertz CT molecular complexity index is 830. The Balaban J connectivity index is 2.40. The summed E-state index contributed by atoms with van der Waals surface area (Å²) in [4.78, 5) is 0.661. The maximum atomic E-state index is 12.8. The van der Waals surface area contributed by atoms with Gasteiger partial charge in [-0.15, -0.1) is 0 Å².